The summed E-state index contributed by atoms with van der Waals surface area (Å²) in [6.07, 6.45) is 2.56. The first-order valence-electron chi connectivity index (χ1n) is 5.20. The van der Waals surface area contributed by atoms with Gasteiger partial charge in [0.1, 0.15) is 5.82 Å². The smallest absolute Gasteiger partial charge is 0.124 e. The van der Waals surface area contributed by atoms with Gasteiger partial charge in [0, 0.05) is 22.1 Å². The summed E-state index contributed by atoms with van der Waals surface area (Å²) in [5.41, 5.74) is 2.73. The van der Waals surface area contributed by atoms with Crippen LogP contribution in [0.4, 0.5) is 4.39 Å². The second-order valence-corrected chi connectivity index (χ2v) is 5.01. The lowest BCUT2D eigenvalue weighted by Crippen LogP contribution is -2.17. The molecule has 1 heterocycles. The van der Waals surface area contributed by atoms with Crippen LogP contribution in [-0.2, 0) is 6.42 Å². The molecule has 0 aliphatic rings. The van der Waals surface area contributed by atoms with E-state index in [4.69, 9.17) is 11.6 Å². The van der Waals surface area contributed by atoms with E-state index in [1.807, 2.05) is 13.2 Å². The molecule has 0 amide bonds. The molecule has 90 valence electrons. The Hall–Kier alpha value is -0.970. The number of hydrogen-bond donors (Lipinski definition) is 1. The summed E-state index contributed by atoms with van der Waals surface area (Å²) in [6, 6.07) is 4.66. The molecule has 0 aliphatic heterocycles. The van der Waals surface area contributed by atoms with Crippen LogP contribution in [0.5, 0.6) is 0 Å². The Morgan fingerprint density at radius 1 is 1.53 bits per heavy atom. The summed E-state index contributed by atoms with van der Waals surface area (Å²) in [7, 11) is 1.89. The molecule has 1 aromatic heterocycles. The summed E-state index contributed by atoms with van der Waals surface area (Å²) in [6.45, 7) is 0. The van der Waals surface area contributed by atoms with Gasteiger partial charge in [-0.2, -0.15) is 0 Å². The van der Waals surface area contributed by atoms with E-state index in [0.29, 0.717) is 5.02 Å². The van der Waals surface area contributed by atoms with Crippen LogP contribution in [0.2, 0.25) is 5.02 Å². The van der Waals surface area contributed by atoms with E-state index in [-0.39, 0.29) is 11.9 Å². The fourth-order valence-corrected chi connectivity index (χ4v) is 2.62. The molecule has 1 unspecified atom stereocenters. The molecule has 2 aromatic rings. The summed E-state index contributed by atoms with van der Waals surface area (Å²) >= 11 is 7.61. The zero-order valence-electron chi connectivity index (χ0n) is 9.28. The van der Waals surface area contributed by atoms with E-state index in [0.717, 1.165) is 16.9 Å². The molecule has 2 rings (SSSR count). The summed E-state index contributed by atoms with van der Waals surface area (Å²) in [5, 5.41) is 3.68. The normalized spacial score (nSPS) is 12.6. The van der Waals surface area contributed by atoms with E-state index >= 15 is 0 Å². The van der Waals surface area contributed by atoms with E-state index in [9.17, 15) is 4.39 Å². The van der Waals surface area contributed by atoms with Crippen molar-refractivity contribution in [2.75, 3.05) is 7.05 Å². The average molecular weight is 271 g/mol. The third-order valence-corrected chi connectivity index (χ3v) is 3.82. The molecule has 0 saturated heterocycles. The predicted molar refractivity (Wildman–Crippen MR) is 69.0 cm³/mol. The lowest BCUT2D eigenvalue weighted by Gasteiger charge is -2.14. The number of likely N-dealkylation sites (N-methyl/N-ethyl adjacent to an activating group) is 1. The third-order valence-electron chi connectivity index (χ3n) is 2.58. The van der Waals surface area contributed by atoms with Crippen molar-refractivity contribution in [3.05, 3.63) is 51.2 Å². The van der Waals surface area contributed by atoms with Gasteiger partial charge in [0.15, 0.2) is 0 Å². The number of thiazole rings is 1. The van der Waals surface area contributed by atoms with Gasteiger partial charge in [-0.3, -0.25) is 4.98 Å². The van der Waals surface area contributed by atoms with Crippen molar-refractivity contribution in [1.82, 2.24) is 10.3 Å². The molecule has 1 aromatic carbocycles. The molecular weight excluding hydrogens is 259 g/mol. The predicted octanol–water partition coefficient (Wildman–Crippen LogP) is 3.44. The van der Waals surface area contributed by atoms with Crippen molar-refractivity contribution in [1.29, 1.82) is 0 Å². The number of aromatic nitrogens is 1. The van der Waals surface area contributed by atoms with E-state index in [1.54, 1.807) is 22.9 Å². The first-order valence-corrected chi connectivity index (χ1v) is 6.46. The van der Waals surface area contributed by atoms with Crippen LogP contribution in [0.1, 0.15) is 16.5 Å². The molecule has 0 fully saturated rings. The highest BCUT2D eigenvalue weighted by Gasteiger charge is 2.13. The quantitative estimate of drug-likeness (QED) is 0.921. The molecule has 0 saturated carbocycles. The van der Waals surface area contributed by atoms with Crippen molar-refractivity contribution in [2.24, 2.45) is 0 Å². The highest BCUT2D eigenvalue weighted by Crippen LogP contribution is 2.25. The summed E-state index contributed by atoms with van der Waals surface area (Å²) < 4.78 is 12.9. The third kappa shape index (κ3) is 3.03. The maximum absolute atomic E-state index is 12.9. The Labute approximate surface area is 108 Å². The van der Waals surface area contributed by atoms with Gasteiger partial charge in [-0.25, -0.2) is 4.39 Å². The summed E-state index contributed by atoms with van der Waals surface area (Å²) in [4.78, 5) is 5.20. The molecule has 0 spiro atoms. The average Bonchev–Trinajstić information content (AvgIpc) is 2.81. The number of benzene rings is 1. The minimum absolute atomic E-state index is 0.158. The molecule has 0 bridgehead atoms. The minimum Gasteiger partial charge on any atom is -0.312 e. The number of halogens is 2. The van der Waals surface area contributed by atoms with Gasteiger partial charge in [0.05, 0.1) is 5.51 Å². The second-order valence-electron chi connectivity index (χ2n) is 3.68. The number of nitrogens with one attached hydrogen (secondary N) is 1. The van der Waals surface area contributed by atoms with Gasteiger partial charge in [0.25, 0.3) is 0 Å². The topological polar surface area (TPSA) is 24.9 Å². The van der Waals surface area contributed by atoms with Crippen LogP contribution in [0.25, 0.3) is 0 Å². The lowest BCUT2D eigenvalue weighted by molar-refractivity contribution is 0.597. The molecule has 0 radical (unpaired) electrons. The lowest BCUT2D eigenvalue weighted by atomic mass is 10.1. The molecule has 1 N–H and O–H groups in total. The SMILES string of the molecule is CNC(Cc1ccc(F)cc1Cl)c1cncs1. The number of rotatable bonds is 4. The standard InChI is InChI=1S/C12H12ClFN2S/c1-15-11(12-6-16-7-17-12)4-8-2-3-9(14)5-10(8)13/h2-3,5-7,11,15H,4H2,1H3. The van der Waals surface area contributed by atoms with Gasteiger partial charge < -0.3 is 5.32 Å². The Balaban J connectivity index is 2.19. The Bertz CT molecular complexity index is 487. The summed E-state index contributed by atoms with van der Waals surface area (Å²) in [5.74, 6) is -0.308. The van der Waals surface area contributed by atoms with Gasteiger partial charge in [-0.05, 0) is 31.2 Å². The first kappa shape index (κ1) is 12.5. The van der Waals surface area contributed by atoms with Crippen LogP contribution in [0, 0.1) is 5.82 Å². The maximum Gasteiger partial charge on any atom is 0.124 e. The Kier molecular flexibility index (Phi) is 4.10. The van der Waals surface area contributed by atoms with Crippen LogP contribution in [-0.4, -0.2) is 12.0 Å². The van der Waals surface area contributed by atoms with Crippen molar-refractivity contribution in [3.63, 3.8) is 0 Å². The van der Waals surface area contributed by atoms with Crippen molar-refractivity contribution in [2.45, 2.75) is 12.5 Å². The highest BCUT2D eigenvalue weighted by molar-refractivity contribution is 7.09. The number of hydrogen-bond acceptors (Lipinski definition) is 3. The highest BCUT2D eigenvalue weighted by atomic mass is 35.5. The van der Waals surface area contributed by atoms with Crippen molar-refractivity contribution >= 4 is 22.9 Å². The van der Waals surface area contributed by atoms with Crippen LogP contribution in [0.15, 0.2) is 29.9 Å². The van der Waals surface area contributed by atoms with Gasteiger partial charge >= 0.3 is 0 Å². The largest absolute Gasteiger partial charge is 0.312 e. The van der Waals surface area contributed by atoms with E-state index in [2.05, 4.69) is 10.3 Å². The second kappa shape index (κ2) is 5.58. The fourth-order valence-electron chi connectivity index (χ4n) is 1.65. The number of nitrogens with zero attached hydrogens (tertiary/aromatic N) is 1. The fraction of sp³-hybridized carbons (Fsp3) is 0.250. The molecule has 2 nitrogen and oxygen atoms in total. The zero-order chi connectivity index (χ0) is 12.3. The molecular formula is C12H12ClFN2S. The molecule has 0 aliphatic carbocycles. The molecule has 17 heavy (non-hydrogen) atoms. The van der Waals surface area contributed by atoms with Crippen LogP contribution >= 0.6 is 22.9 Å². The Morgan fingerprint density at radius 2 is 2.35 bits per heavy atom. The monoisotopic (exact) mass is 270 g/mol. The van der Waals surface area contributed by atoms with E-state index < -0.39 is 0 Å². The van der Waals surface area contributed by atoms with Crippen LogP contribution in [0.3, 0.4) is 0 Å². The van der Waals surface area contributed by atoms with Crippen LogP contribution < -0.4 is 5.32 Å². The minimum atomic E-state index is -0.308. The van der Waals surface area contributed by atoms with E-state index in [1.165, 1.54) is 12.1 Å². The van der Waals surface area contributed by atoms with Gasteiger partial charge in [0.2, 0.25) is 0 Å². The zero-order valence-corrected chi connectivity index (χ0v) is 10.9. The molecule has 5 heteroatoms. The van der Waals surface area contributed by atoms with Crippen molar-refractivity contribution in [3.8, 4) is 0 Å². The molecule has 1 atom stereocenters. The maximum atomic E-state index is 12.9. The Morgan fingerprint density at radius 3 is 2.94 bits per heavy atom. The first-order chi connectivity index (χ1) is 8.20. The van der Waals surface area contributed by atoms with Crippen molar-refractivity contribution < 1.29 is 4.39 Å². The van der Waals surface area contributed by atoms with Gasteiger partial charge in [-0.1, -0.05) is 17.7 Å². The van der Waals surface area contributed by atoms with Gasteiger partial charge in [-0.15, -0.1) is 11.3 Å².